The maximum Gasteiger partial charge on any atom is 0.229 e. The van der Waals surface area contributed by atoms with Crippen molar-refractivity contribution in [1.82, 2.24) is 9.97 Å². The highest BCUT2D eigenvalue weighted by atomic mass is 16.1. The average molecular weight is 319 g/mol. The highest BCUT2D eigenvalue weighted by Gasteiger charge is 2.04. The van der Waals surface area contributed by atoms with Crippen LogP contribution in [-0.4, -0.2) is 16.3 Å². The fourth-order valence-corrected chi connectivity index (χ4v) is 2.22. The molecule has 3 aromatic rings. The van der Waals surface area contributed by atoms with E-state index in [1.54, 1.807) is 18.3 Å². The Bertz CT molecular complexity index is 862. The zero-order valence-electron chi connectivity index (χ0n) is 13.2. The van der Waals surface area contributed by atoms with Gasteiger partial charge in [-0.2, -0.15) is 4.98 Å². The van der Waals surface area contributed by atoms with Gasteiger partial charge in [-0.05, 0) is 61.0 Å². The summed E-state index contributed by atoms with van der Waals surface area (Å²) in [5, 5.41) is 6.36. The Morgan fingerprint density at radius 1 is 1.04 bits per heavy atom. The lowest BCUT2D eigenvalue weighted by atomic mass is 10.1. The molecule has 0 aliphatic heterocycles. The number of carbonyl (C=O) groups is 1. The minimum atomic E-state index is 0.479. The first-order valence-corrected chi connectivity index (χ1v) is 7.42. The predicted octanol–water partition coefficient (Wildman–Crippen LogP) is 3.67. The topological polar surface area (TPSA) is 92.9 Å². The van der Waals surface area contributed by atoms with Crippen LogP contribution >= 0.6 is 0 Å². The van der Waals surface area contributed by atoms with Crippen LogP contribution in [0.15, 0.2) is 54.7 Å². The smallest absolute Gasteiger partial charge is 0.229 e. The number of anilines is 5. The van der Waals surface area contributed by atoms with E-state index in [1.165, 1.54) is 0 Å². The van der Waals surface area contributed by atoms with E-state index in [1.807, 2.05) is 43.3 Å². The van der Waals surface area contributed by atoms with E-state index in [0.717, 1.165) is 23.2 Å². The van der Waals surface area contributed by atoms with Crippen molar-refractivity contribution < 1.29 is 4.79 Å². The number of aromatic nitrogens is 2. The van der Waals surface area contributed by atoms with E-state index in [-0.39, 0.29) is 0 Å². The van der Waals surface area contributed by atoms with Gasteiger partial charge < -0.3 is 16.4 Å². The third kappa shape index (κ3) is 3.67. The molecule has 0 saturated carbocycles. The molecular formula is C18H17N5O. The van der Waals surface area contributed by atoms with Crippen molar-refractivity contribution in [3.05, 3.63) is 65.9 Å². The number of nitrogens with zero attached hydrogens (tertiary/aromatic N) is 2. The van der Waals surface area contributed by atoms with Gasteiger partial charge in [-0.15, -0.1) is 0 Å². The lowest BCUT2D eigenvalue weighted by Gasteiger charge is -2.11. The molecule has 6 heteroatoms. The summed E-state index contributed by atoms with van der Waals surface area (Å²) < 4.78 is 0. The van der Waals surface area contributed by atoms with Gasteiger partial charge >= 0.3 is 0 Å². The fourth-order valence-electron chi connectivity index (χ4n) is 2.22. The summed E-state index contributed by atoms with van der Waals surface area (Å²) in [6.07, 6.45) is 2.50. The molecule has 120 valence electrons. The van der Waals surface area contributed by atoms with Crippen molar-refractivity contribution in [1.29, 1.82) is 0 Å². The molecule has 0 amide bonds. The van der Waals surface area contributed by atoms with Crippen molar-refractivity contribution in [2.45, 2.75) is 6.92 Å². The van der Waals surface area contributed by atoms with Crippen LogP contribution in [0.4, 0.5) is 28.8 Å². The second kappa shape index (κ2) is 6.78. The number of hydrogen-bond acceptors (Lipinski definition) is 6. The van der Waals surface area contributed by atoms with Crippen LogP contribution in [0.1, 0.15) is 15.9 Å². The molecule has 0 radical (unpaired) electrons. The van der Waals surface area contributed by atoms with E-state index < -0.39 is 0 Å². The number of benzene rings is 2. The summed E-state index contributed by atoms with van der Waals surface area (Å²) in [6.45, 7) is 1.93. The van der Waals surface area contributed by atoms with Crippen LogP contribution in [-0.2, 0) is 0 Å². The first kappa shape index (κ1) is 15.5. The van der Waals surface area contributed by atoms with Gasteiger partial charge in [0.15, 0.2) is 0 Å². The molecule has 2 aromatic carbocycles. The van der Waals surface area contributed by atoms with Crippen molar-refractivity contribution in [2.24, 2.45) is 0 Å². The van der Waals surface area contributed by atoms with Gasteiger partial charge in [0, 0.05) is 28.8 Å². The molecule has 4 N–H and O–H groups in total. The maximum absolute atomic E-state index is 10.8. The third-order valence-electron chi connectivity index (χ3n) is 3.47. The van der Waals surface area contributed by atoms with E-state index >= 15 is 0 Å². The summed E-state index contributed by atoms with van der Waals surface area (Å²) >= 11 is 0. The lowest BCUT2D eigenvalue weighted by Crippen LogP contribution is -2.01. The van der Waals surface area contributed by atoms with Gasteiger partial charge in [-0.1, -0.05) is 0 Å². The van der Waals surface area contributed by atoms with Crippen molar-refractivity contribution >= 4 is 35.1 Å². The second-order valence-corrected chi connectivity index (χ2v) is 5.33. The zero-order valence-corrected chi connectivity index (χ0v) is 13.2. The number of aryl methyl sites for hydroxylation is 1. The maximum atomic E-state index is 10.8. The van der Waals surface area contributed by atoms with E-state index in [4.69, 9.17) is 5.73 Å². The molecule has 0 aliphatic rings. The van der Waals surface area contributed by atoms with Crippen molar-refractivity contribution in [3.8, 4) is 0 Å². The van der Waals surface area contributed by atoms with Crippen molar-refractivity contribution in [3.63, 3.8) is 0 Å². The molecule has 0 saturated heterocycles. The third-order valence-corrected chi connectivity index (χ3v) is 3.47. The Morgan fingerprint density at radius 2 is 1.83 bits per heavy atom. The standard InChI is InChI=1S/C18H17N5O/c1-12-10-13(11-24)2-7-16(12)22-17-8-9-20-18(23-17)21-15-5-3-14(19)4-6-15/h2-11H,19H2,1H3,(H2,20,21,22,23). The molecule has 3 rings (SSSR count). The molecule has 0 fully saturated rings. The molecular weight excluding hydrogens is 302 g/mol. The largest absolute Gasteiger partial charge is 0.399 e. The number of nitrogen functional groups attached to an aromatic ring is 1. The summed E-state index contributed by atoms with van der Waals surface area (Å²) in [4.78, 5) is 19.5. The SMILES string of the molecule is Cc1cc(C=O)ccc1Nc1ccnc(Nc2ccc(N)cc2)n1. The molecule has 24 heavy (non-hydrogen) atoms. The fraction of sp³-hybridized carbons (Fsp3) is 0.0556. The Labute approximate surface area is 139 Å². The molecule has 0 aliphatic carbocycles. The van der Waals surface area contributed by atoms with E-state index in [9.17, 15) is 4.79 Å². The monoisotopic (exact) mass is 319 g/mol. The normalized spacial score (nSPS) is 10.2. The Hall–Kier alpha value is -3.41. The number of aldehydes is 1. The van der Waals surface area contributed by atoms with Crippen LogP contribution < -0.4 is 16.4 Å². The molecule has 0 spiro atoms. The minimum absolute atomic E-state index is 0.479. The van der Waals surface area contributed by atoms with E-state index in [2.05, 4.69) is 20.6 Å². The summed E-state index contributed by atoms with van der Waals surface area (Å²) in [6, 6.07) is 14.6. The highest BCUT2D eigenvalue weighted by molar-refractivity contribution is 5.77. The van der Waals surface area contributed by atoms with Gasteiger partial charge in [0.2, 0.25) is 5.95 Å². The van der Waals surface area contributed by atoms with Gasteiger partial charge in [-0.25, -0.2) is 4.98 Å². The van der Waals surface area contributed by atoms with Gasteiger partial charge in [0.05, 0.1) is 0 Å². The summed E-state index contributed by atoms with van der Waals surface area (Å²) in [7, 11) is 0. The number of nitrogens with one attached hydrogen (secondary N) is 2. The average Bonchev–Trinajstić information content (AvgIpc) is 2.59. The first-order chi connectivity index (χ1) is 11.6. The number of hydrogen-bond donors (Lipinski definition) is 3. The Kier molecular flexibility index (Phi) is 4.38. The predicted molar refractivity (Wildman–Crippen MR) is 96.0 cm³/mol. The van der Waals surface area contributed by atoms with Crippen LogP contribution in [0.2, 0.25) is 0 Å². The van der Waals surface area contributed by atoms with Crippen LogP contribution in [0.5, 0.6) is 0 Å². The minimum Gasteiger partial charge on any atom is -0.399 e. The van der Waals surface area contributed by atoms with Crippen LogP contribution in [0.3, 0.4) is 0 Å². The second-order valence-electron chi connectivity index (χ2n) is 5.33. The number of nitrogens with two attached hydrogens (primary N) is 1. The molecule has 0 bridgehead atoms. The molecule has 0 atom stereocenters. The lowest BCUT2D eigenvalue weighted by molar-refractivity contribution is 0.112. The number of carbonyl (C=O) groups excluding carboxylic acids is 1. The quantitative estimate of drug-likeness (QED) is 0.491. The number of rotatable bonds is 5. The molecule has 1 heterocycles. The first-order valence-electron chi connectivity index (χ1n) is 7.42. The van der Waals surface area contributed by atoms with E-state index in [0.29, 0.717) is 23.0 Å². The zero-order chi connectivity index (χ0) is 16.9. The Morgan fingerprint density at radius 3 is 2.54 bits per heavy atom. The summed E-state index contributed by atoms with van der Waals surface area (Å²) in [5.41, 5.74) is 9.72. The van der Waals surface area contributed by atoms with Crippen LogP contribution in [0.25, 0.3) is 0 Å². The van der Waals surface area contributed by atoms with Gasteiger partial charge in [0.1, 0.15) is 12.1 Å². The van der Waals surface area contributed by atoms with Crippen molar-refractivity contribution in [2.75, 3.05) is 16.4 Å². The van der Waals surface area contributed by atoms with Gasteiger partial charge in [-0.3, -0.25) is 4.79 Å². The molecule has 0 unspecified atom stereocenters. The van der Waals surface area contributed by atoms with Crippen LogP contribution in [0, 0.1) is 6.92 Å². The Balaban J connectivity index is 1.78. The van der Waals surface area contributed by atoms with Gasteiger partial charge in [0.25, 0.3) is 0 Å². The molecule has 6 nitrogen and oxygen atoms in total. The summed E-state index contributed by atoms with van der Waals surface area (Å²) in [5.74, 6) is 1.14. The molecule has 1 aromatic heterocycles. The highest BCUT2D eigenvalue weighted by Crippen LogP contribution is 2.21.